The van der Waals surface area contributed by atoms with Crippen molar-refractivity contribution in [2.45, 2.75) is 6.61 Å². The Hall–Kier alpha value is -3.81. The number of phenols is 1. The van der Waals surface area contributed by atoms with Crippen LogP contribution < -0.4 is 15.0 Å². The third-order valence-corrected chi connectivity index (χ3v) is 5.55. The van der Waals surface area contributed by atoms with Crippen molar-refractivity contribution >= 4 is 52.8 Å². The molecule has 2 N–H and O–H groups in total. The molecule has 4 amide bonds. The summed E-state index contributed by atoms with van der Waals surface area (Å²) in [7, 11) is 0. The number of barbiturate groups is 1. The molecule has 166 valence electrons. The highest BCUT2D eigenvalue weighted by molar-refractivity contribution is 6.42. The number of halogens is 2. The van der Waals surface area contributed by atoms with E-state index < -0.39 is 17.8 Å². The summed E-state index contributed by atoms with van der Waals surface area (Å²) in [5.41, 5.74) is 1.21. The van der Waals surface area contributed by atoms with Gasteiger partial charge in [-0.05, 0) is 54.1 Å². The fourth-order valence-corrected chi connectivity index (χ4v) is 3.49. The zero-order valence-electron chi connectivity index (χ0n) is 16.9. The lowest BCUT2D eigenvalue weighted by atomic mass is 10.1. The van der Waals surface area contributed by atoms with Crippen LogP contribution in [0.25, 0.3) is 6.08 Å². The van der Waals surface area contributed by atoms with Crippen molar-refractivity contribution in [1.82, 2.24) is 5.32 Å². The number of carbonyl (C=O) groups is 3. The Morgan fingerprint density at radius 3 is 2.39 bits per heavy atom. The summed E-state index contributed by atoms with van der Waals surface area (Å²) in [6.07, 6.45) is 1.36. The van der Waals surface area contributed by atoms with Gasteiger partial charge < -0.3 is 9.84 Å². The second-order valence-electron chi connectivity index (χ2n) is 7.05. The van der Waals surface area contributed by atoms with Crippen molar-refractivity contribution in [3.8, 4) is 11.5 Å². The molecule has 0 bridgehead atoms. The van der Waals surface area contributed by atoms with Crippen molar-refractivity contribution < 1.29 is 24.2 Å². The van der Waals surface area contributed by atoms with E-state index in [0.717, 1.165) is 10.5 Å². The van der Waals surface area contributed by atoms with Crippen molar-refractivity contribution in [3.63, 3.8) is 0 Å². The Bertz CT molecular complexity index is 1290. The molecule has 0 saturated carbocycles. The van der Waals surface area contributed by atoms with Gasteiger partial charge in [-0.3, -0.25) is 14.9 Å². The maximum atomic E-state index is 13.0. The largest absolute Gasteiger partial charge is 0.508 e. The number of para-hydroxylation sites is 1. The molecule has 9 heteroatoms. The number of nitrogens with one attached hydrogen (secondary N) is 1. The lowest BCUT2D eigenvalue weighted by molar-refractivity contribution is -0.122. The summed E-state index contributed by atoms with van der Waals surface area (Å²) in [5, 5.41) is 12.5. The number of imide groups is 2. The van der Waals surface area contributed by atoms with Crippen LogP contribution in [0.4, 0.5) is 10.5 Å². The Morgan fingerprint density at radius 2 is 1.67 bits per heavy atom. The minimum Gasteiger partial charge on any atom is -0.508 e. The zero-order valence-corrected chi connectivity index (χ0v) is 18.4. The van der Waals surface area contributed by atoms with Gasteiger partial charge in [0.05, 0.1) is 15.7 Å². The average Bonchev–Trinajstić information content (AvgIpc) is 2.79. The van der Waals surface area contributed by atoms with Gasteiger partial charge in [0.15, 0.2) is 0 Å². The van der Waals surface area contributed by atoms with Gasteiger partial charge >= 0.3 is 6.03 Å². The Balaban J connectivity index is 1.62. The molecule has 0 unspecified atom stereocenters. The highest BCUT2D eigenvalue weighted by Crippen LogP contribution is 2.28. The predicted octanol–water partition coefficient (Wildman–Crippen LogP) is 4.94. The molecule has 0 aromatic heterocycles. The molecule has 7 nitrogen and oxygen atoms in total. The molecular weight excluding hydrogens is 467 g/mol. The fourth-order valence-electron chi connectivity index (χ4n) is 3.17. The summed E-state index contributed by atoms with van der Waals surface area (Å²) in [6.45, 7) is 0.176. The zero-order chi connectivity index (χ0) is 23.5. The van der Waals surface area contributed by atoms with Gasteiger partial charge in [0.2, 0.25) is 0 Å². The van der Waals surface area contributed by atoms with E-state index >= 15 is 0 Å². The quantitative estimate of drug-likeness (QED) is 0.396. The molecule has 1 heterocycles. The number of urea groups is 1. The topological polar surface area (TPSA) is 95.9 Å². The number of carbonyl (C=O) groups excluding carboxylic acids is 3. The molecule has 33 heavy (non-hydrogen) atoms. The molecule has 3 aromatic carbocycles. The summed E-state index contributed by atoms with van der Waals surface area (Å²) in [5.74, 6) is -1.22. The summed E-state index contributed by atoms with van der Waals surface area (Å²) in [6, 6.07) is 16.6. The molecule has 0 aliphatic carbocycles. The predicted molar refractivity (Wildman–Crippen MR) is 124 cm³/mol. The van der Waals surface area contributed by atoms with Crippen LogP contribution in [0, 0.1) is 0 Å². The first-order valence-electron chi connectivity index (χ1n) is 9.70. The summed E-state index contributed by atoms with van der Waals surface area (Å²) >= 11 is 12.0. The van der Waals surface area contributed by atoms with Crippen LogP contribution >= 0.6 is 23.2 Å². The molecule has 1 saturated heterocycles. The first kappa shape index (κ1) is 22.4. The second kappa shape index (κ2) is 9.36. The maximum absolute atomic E-state index is 13.0. The second-order valence-corrected chi connectivity index (χ2v) is 7.86. The molecule has 4 rings (SSSR count). The van der Waals surface area contributed by atoms with Gasteiger partial charge in [-0.2, -0.15) is 0 Å². The lowest BCUT2D eigenvalue weighted by Gasteiger charge is -2.26. The van der Waals surface area contributed by atoms with Gasteiger partial charge in [-0.1, -0.05) is 47.5 Å². The number of hydrogen-bond acceptors (Lipinski definition) is 5. The van der Waals surface area contributed by atoms with E-state index in [9.17, 15) is 19.5 Å². The monoisotopic (exact) mass is 482 g/mol. The van der Waals surface area contributed by atoms with Crippen molar-refractivity contribution in [3.05, 3.63) is 93.5 Å². The molecule has 0 spiro atoms. The van der Waals surface area contributed by atoms with Crippen LogP contribution in [0.1, 0.15) is 11.1 Å². The Kier molecular flexibility index (Phi) is 6.35. The standard InChI is InChI=1S/C24H16Cl2N2O5/c25-19-10-5-14(11-20(19)26)13-33-21-4-2-1-3-15(21)12-18-22(30)27-24(32)28(23(18)31)16-6-8-17(29)9-7-16/h1-12,29H,13H2,(H,27,30,32)/b18-12+. The Morgan fingerprint density at radius 1 is 0.939 bits per heavy atom. The van der Waals surface area contributed by atoms with Crippen LogP contribution in [-0.4, -0.2) is 23.0 Å². The number of phenolic OH excluding ortho intramolecular Hbond substituents is 1. The number of amides is 4. The number of ether oxygens (including phenoxy) is 1. The minimum absolute atomic E-state index is 0.0245. The third kappa shape index (κ3) is 4.84. The first-order valence-corrected chi connectivity index (χ1v) is 10.5. The van der Waals surface area contributed by atoms with Crippen LogP contribution in [0.2, 0.25) is 10.0 Å². The van der Waals surface area contributed by atoms with Crippen LogP contribution in [-0.2, 0) is 16.2 Å². The van der Waals surface area contributed by atoms with E-state index in [0.29, 0.717) is 21.4 Å². The van der Waals surface area contributed by atoms with Crippen molar-refractivity contribution in [2.75, 3.05) is 4.90 Å². The van der Waals surface area contributed by atoms with E-state index in [2.05, 4.69) is 5.32 Å². The smallest absolute Gasteiger partial charge is 0.335 e. The number of aromatic hydroxyl groups is 1. The number of benzene rings is 3. The summed E-state index contributed by atoms with van der Waals surface area (Å²) < 4.78 is 5.88. The van der Waals surface area contributed by atoms with Gasteiger partial charge in [-0.15, -0.1) is 0 Å². The fraction of sp³-hybridized carbons (Fsp3) is 0.0417. The van der Waals surface area contributed by atoms with E-state index in [1.807, 2.05) is 0 Å². The maximum Gasteiger partial charge on any atom is 0.335 e. The van der Waals surface area contributed by atoms with Gasteiger partial charge in [0, 0.05) is 5.56 Å². The van der Waals surface area contributed by atoms with Crippen molar-refractivity contribution in [2.24, 2.45) is 0 Å². The molecular formula is C24H16Cl2N2O5. The van der Waals surface area contributed by atoms with E-state index in [4.69, 9.17) is 27.9 Å². The van der Waals surface area contributed by atoms with Gasteiger partial charge in [0.25, 0.3) is 11.8 Å². The highest BCUT2D eigenvalue weighted by Gasteiger charge is 2.37. The van der Waals surface area contributed by atoms with Crippen LogP contribution in [0.3, 0.4) is 0 Å². The molecule has 0 atom stereocenters. The lowest BCUT2D eigenvalue weighted by Crippen LogP contribution is -2.54. The first-order chi connectivity index (χ1) is 15.8. The van der Waals surface area contributed by atoms with Crippen LogP contribution in [0.15, 0.2) is 72.3 Å². The number of hydrogen-bond donors (Lipinski definition) is 2. The molecule has 1 aliphatic rings. The number of rotatable bonds is 5. The van der Waals surface area contributed by atoms with E-state index in [-0.39, 0.29) is 23.6 Å². The SMILES string of the molecule is O=C1NC(=O)N(c2ccc(O)cc2)C(=O)/C1=C/c1ccccc1OCc1ccc(Cl)c(Cl)c1. The number of anilines is 1. The van der Waals surface area contributed by atoms with Gasteiger partial charge in [-0.25, -0.2) is 9.69 Å². The Labute approximate surface area is 198 Å². The van der Waals surface area contributed by atoms with Crippen LogP contribution in [0.5, 0.6) is 11.5 Å². The van der Waals surface area contributed by atoms with E-state index in [1.54, 1.807) is 42.5 Å². The molecule has 1 fully saturated rings. The van der Waals surface area contributed by atoms with Crippen molar-refractivity contribution in [1.29, 1.82) is 0 Å². The van der Waals surface area contributed by atoms with E-state index in [1.165, 1.54) is 30.3 Å². The normalized spacial score (nSPS) is 15.0. The number of nitrogens with zero attached hydrogens (tertiary/aromatic N) is 1. The molecule has 3 aromatic rings. The van der Waals surface area contributed by atoms with Gasteiger partial charge in [0.1, 0.15) is 23.7 Å². The third-order valence-electron chi connectivity index (χ3n) is 4.81. The minimum atomic E-state index is -0.878. The highest BCUT2D eigenvalue weighted by atomic mass is 35.5. The average molecular weight is 483 g/mol. The molecule has 0 radical (unpaired) electrons. The summed E-state index contributed by atoms with van der Waals surface area (Å²) in [4.78, 5) is 38.6. The molecule has 1 aliphatic heterocycles.